The predicted molar refractivity (Wildman–Crippen MR) is 289 cm³/mol. The van der Waals surface area contributed by atoms with Crippen molar-refractivity contribution < 1.29 is 59.2 Å². The van der Waals surface area contributed by atoms with Crippen molar-refractivity contribution in [3.05, 3.63) is 183 Å². The Morgan fingerprint density at radius 2 is 1.46 bits per heavy atom. The van der Waals surface area contributed by atoms with Crippen molar-refractivity contribution in [3.63, 3.8) is 0 Å². The van der Waals surface area contributed by atoms with Crippen LogP contribution >= 0.6 is 59.8 Å². The van der Waals surface area contributed by atoms with Crippen molar-refractivity contribution in [1.29, 1.82) is 0 Å². The standard InChI is InChI=1S/C35H36ClNO3S.C21H25ClN2O3.2ClH.Na/c1-34(2,40)30-9-4-3-7-25(30)13-17-32(41-23-35(18-19-35)22-33(38)39)27-8-5-6-24(20-27)10-15-29-16-12-26-11-14-28(36)21-31(26)37-29;22-19-8-6-18(7-9-19)21(17-4-2-1-3-5-17)24-12-10-23(11-13-24)14-15-27-16-20(25)26;;;/h3-12,14-16,20-21,32,40H,13,17-19,22-23H2,1-2H3,(H,38,39);1-9,21H,10-16H2,(H,25,26);2*1H;/q;;;;+1/p-1/b15-10+;;;;/t32-;;;;/m1..../s1. The Labute approximate surface area is 467 Å². The fraction of sp³-hybridized carbons (Fsp3) is 0.339. The van der Waals surface area contributed by atoms with Crippen LogP contribution in [-0.2, 0) is 26.3 Å². The number of aryl methyl sites for hydroxylation is 1. The summed E-state index contributed by atoms with van der Waals surface area (Å²) in [6.07, 6.45) is 7.78. The van der Waals surface area contributed by atoms with E-state index in [0.717, 1.165) is 102 Å². The van der Waals surface area contributed by atoms with Gasteiger partial charge in [0.2, 0.25) is 0 Å². The second-order valence-corrected chi connectivity index (χ2v) is 20.4. The topological polar surface area (TPSA) is 126 Å². The molecule has 2 fully saturated rings. The number of halogens is 4. The number of hydrogen-bond acceptors (Lipinski definition) is 9. The zero-order chi connectivity index (χ0) is 48.1. The maximum absolute atomic E-state index is 11.4. The molecule has 2 aliphatic rings. The van der Waals surface area contributed by atoms with Gasteiger partial charge in [0.25, 0.3) is 0 Å². The van der Waals surface area contributed by atoms with Gasteiger partial charge in [-0.3, -0.25) is 9.80 Å². The van der Waals surface area contributed by atoms with E-state index in [1.165, 1.54) is 16.7 Å². The van der Waals surface area contributed by atoms with Gasteiger partial charge < -0.3 is 24.9 Å². The summed E-state index contributed by atoms with van der Waals surface area (Å²) in [6.45, 7) is 8.40. The molecule has 8 rings (SSSR count). The number of carbonyl (C=O) groups is 2. The van der Waals surface area contributed by atoms with Crippen LogP contribution in [0.3, 0.4) is 0 Å². The average Bonchev–Trinajstić information content (AvgIpc) is 4.09. The van der Waals surface area contributed by atoms with Crippen LogP contribution in [0.5, 0.6) is 0 Å². The number of piperazine rings is 1. The van der Waals surface area contributed by atoms with Crippen molar-refractivity contribution in [2.75, 3.05) is 51.7 Å². The predicted octanol–water partition coefficient (Wildman–Crippen LogP) is 8.61. The summed E-state index contributed by atoms with van der Waals surface area (Å²) >= 11 is 14.1. The fourth-order valence-electron chi connectivity index (χ4n) is 8.84. The van der Waals surface area contributed by atoms with Gasteiger partial charge >= 0.3 is 35.5 Å². The molecular weight excluding hydrogens is 1010 g/mol. The Kier molecular flexibility index (Phi) is 24.4. The van der Waals surface area contributed by atoms with Gasteiger partial charge in [0.05, 0.1) is 29.5 Å². The summed E-state index contributed by atoms with van der Waals surface area (Å²) in [7, 11) is 0. The third-order valence-electron chi connectivity index (χ3n) is 12.7. The van der Waals surface area contributed by atoms with Gasteiger partial charge in [0, 0.05) is 59.4 Å². The van der Waals surface area contributed by atoms with Crippen LogP contribution in [0.15, 0.2) is 133 Å². The summed E-state index contributed by atoms with van der Waals surface area (Å²) in [4.78, 5) is 31.4. The van der Waals surface area contributed by atoms with Crippen LogP contribution in [0.2, 0.25) is 10.0 Å². The van der Waals surface area contributed by atoms with E-state index in [4.69, 9.17) is 38.0 Å². The smallest absolute Gasteiger partial charge is 0.550 e. The maximum Gasteiger partial charge on any atom is 1.00 e. The Bertz CT molecular complexity index is 2650. The zero-order valence-corrected chi connectivity index (χ0v) is 46.5. The number of thioether (sulfide) groups is 1. The fourth-order valence-corrected chi connectivity index (χ4v) is 10.7. The summed E-state index contributed by atoms with van der Waals surface area (Å²) in [5, 5.41) is 33.4. The number of ether oxygens (including phenoxy) is 1. The van der Waals surface area contributed by atoms with Gasteiger partial charge in [-0.1, -0.05) is 132 Å². The molecule has 1 aromatic heterocycles. The quantitative estimate of drug-likeness (QED) is 0.0568. The molecule has 1 aliphatic heterocycles. The van der Waals surface area contributed by atoms with E-state index < -0.39 is 17.5 Å². The van der Waals surface area contributed by atoms with Gasteiger partial charge in [-0.25, -0.2) is 9.78 Å². The number of carboxylic acids is 2. The number of fused-ring (bicyclic) bond motifs is 1. The minimum atomic E-state index is -0.963. The summed E-state index contributed by atoms with van der Waals surface area (Å²) in [6, 6.07) is 45.2. The van der Waals surface area contributed by atoms with E-state index in [1.807, 2.05) is 98.4 Å². The van der Waals surface area contributed by atoms with E-state index in [-0.39, 0.29) is 84.1 Å². The van der Waals surface area contributed by atoms with Crippen molar-refractivity contribution in [3.8, 4) is 0 Å². The van der Waals surface area contributed by atoms with Crippen molar-refractivity contribution in [2.45, 2.75) is 62.8 Å². The number of carbonyl (C=O) groups excluding carboxylic acids is 1. The minimum Gasteiger partial charge on any atom is -0.550 e. The molecule has 2 N–H and O–H groups in total. The van der Waals surface area contributed by atoms with E-state index >= 15 is 0 Å². The van der Waals surface area contributed by atoms with E-state index in [1.54, 1.807) is 0 Å². The Morgan fingerprint density at radius 1 is 0.817 bits per heavy atom. The minimum absolute atomic E-state index is 0. The number of nitrogens with zero attached hydrogens (tertiary/aromatic N) is 3. The first kappa shape index (κ1) is 60.1. The van der Waals surface area contributed by atoms with Crippen LogP contribution in [0.25, 0.3) is 23.1 Å². The van der Waals surface area contributed by atoms with Crippen LogP contribution in [-0.4, -0.2) is 88.6 Å². The van der Waals surface area contributed by atoms with Crippen molar-refractivity contribution in [1.82, 2.24) is 14.8 Å². The molecule has 1 aliphatic carbocycles. The molecule has 372 valence electrons. The number of benzene rings is 5. The number of aliphatic hydroxyl groups is 1. The van der Waals surface area contributed by atoms with Crippen LogP contribution in [0.1, 0.15) is 89.9 Å². The van der Waals surface area contributed by atoms with Crippen molar-refractivity contribution in [2.24, 2.45) is 5.41 Å². The molecule has 2 atom stereocenters. The van der Waals surface area contributed by atoms with Gasteiger partial charge in [-0.2, -0.15) is 11.8 Å². The molecule has 0 spiro atoms. The number of aromatic nitrogens is 1. The Morgan fingerprint density at radius 3 is 2.14 bits per heavy atom. The first-order chi connectivity index (χ1) is 32.7. The molecule has 5 aromatic carbocycles. The zero-order valence-electron chi connectivity index (χ0n) is 40.6. The summed E-state index contributed by atoms with van der Waals surface area (Å²) < 4.78 is 5.15. The number of rotatable bonds is 20. The average molecular weight is 1070 g/mol. The second-order valence-electron chi connectivity index (χ2n) is 18.4. The van der Waals surface area contributed by atoms with Gasteiger partial charge in [0.1, 0.15) is 6.61 Å². The normalized spacial score (nSPS) is 15.3. The van der Waals surface area contributed by atoms with Gasteiger partial charge in [-0.05, 0) is 127 Å². The number of carboxylic acid groups (broad SMARTS) is 2. The SMILES string of the molecule is CC(C)(O)c1ccccc1CC[C@@H](SCC1(CC(=O)[O-])CC1)c1cccc(/C=C/c2ccc3ccc(Cl)cc3n2)c1.Cl.Cl.O=C(O)COCCN1CCN(C(c2ccccc2)c2ccc(Cl)cc2)CC1.[Na+]. The van der Waals surface area contributed by atoms with Crippen LogP contribution in [0.4, 0.5) is 0 Å². The molecule has 9 nitrogen and oxygen atoms in total. The van der Waals surface area contributed by atoms with Gasteiger partial charge in [-0.15, -0.1) is 24.8 Å². The third-order valence-corrected chi connectivity index (χ3v) is 14.9. The molecule has 15 heteroatoms. The molecule has 1 saturated heterocycles. The first-order valence-electron chi connectivity index (χ1n) is 23.3. The molecule has 71 heavy (non-hydrogen) atoms. The molecule has 0 bridgehead atoms. The molecule has 6 aromatic rings. The number of aliphatic carboxylic acids is 2. The third kappa shape index (κ3) is 18.5. The molecule has 1 unspecified atom stereocenters. The first-order valence-corrected chi connectivity index (χ1v) is 25.1. The van der Waals surface area contributed by atoms with E-state index in [2.05, 4.69) is 82.6 Å². The maximum atomic E-state index is 11.4. The van der Waals surface area contributed by atoms with E-state index in [9.17, 15) is 19.8 Å². The molecule has 0 radical (unpaired) electrons. The second kappa shape index (κ2) is 28.8. The largest absolute Gasteiger partial charge is 1.00 e. The van der Waals surface area contributed by atoms with Crippen LogP contribution in [0, 0.1) is 5.41 Å². The van der Waals surface area contributed by atoms with E-state index in [0.29, 0.717) is 11.6 Å². The monoisotopic (exact) mass is 1070 g/mol. The summed E-state index contributed by atoms with van der Waals surface area (Å²) in [5.74, 6) is -1.09. The van der Waals surface area contributed by atoms with Gasteiger partial charge in [0.15, 0.2) is 0 Å². The molecule has 0 amide bonds. The van der Waals surface area contributed by atoms with Crippen LogP contribution < -0.4 is 34.7 Å². The Hall–Kier alpha value is -3.46. The molecular formula is C56H62Cl4N3NaO6S. The summed E-state index contributed by atoms with van der Waals surface area (Å²) in [5.41, 5.74) is 7.54. The number of hydrogen-bond donors (Lipinski definition) is 2. The molecule has 2 heterocycles. The van der Waals surface area contributed by atoms with Crippen molar-refractivity contribution >= 4 is 94.8 Å². The molecule has 1 saturated carbocycles. The Balaban J connectivity index is 0.000000320. The number of pyridine rings is 1.